The third-order valence-corrected chi connectivity index (χ3v) is 6.69. The number of fused-ring (bicyclic) bond motifs is 1. The number of hydrogen-bond acceptors (Lipinski definition) is 6. The molecule has 4 rings (SSSR count). The molecule has 202 valence electrons. The molecule has 2 aliphatic rings. The molecule has 2 unspecified atom stereocenters. The molecule has 0 aliphatic carbocycles. The SMILES string of the molecule is COC(=O)N1c2ccc(-c3ccc(C(=O)N4CCC(NC(C)=O)C4)cc3)cc2N(C(=O)OC(C)C)CC1C. The van der Waals surface area contributed by atoms with E-state index in [4.69, 9.17) is 9.47 Å². The number of amides is 4. The van der Waals surface area contributed by atoms with E-state index in [0.29, 0.717) is 30.0 Å². The summed E-state index contributed by atoms with van der Waals surface area (Å²) in [6.07, 6.45) is -0.555. The van der Waals surface area contributed by atoms with Gasteiger partial charge in [-0.1, -0.05) is 18.2 Å². The molecule has 10 heteroatoms. The quantitative estimate of drug-likeness (QED) is 0.650. The molecule has 0 radical (unpaired) electrons. The van der Waals surface area contributed by atoms with E-state index in [-0.39, 0.29) is 36.5 Å². The Bertz CT molecular complexity index is 1230. The first-order valence-electron chi connectivity index (χ1n) is 12.7. The van der Waals surface area contributed by atoms with Crippen LogP contribution in [0.2, 0.25) is 0 Å². The number of nitrogens with zero attached hydrogens (tertiary/aromatic N) is 3. The van der Waals surface area contributed by atoms with Crippen LogP contribution < -0.4 is 15.1 Å². The van der Waals surface area contributed by atoms with E-state index in [2.05, 4.69) is 5.32 Å². The Balaban J connectivity index is 1.60. The summed E-state index contributed by atoms with van der Waals surface area (Å²) in [5.41, 5.74) is 3.31. The zero-order chi connectivity index (χ0) is 27.6. The number of methoxy groups -OCH3 is 1. The Hall–Kier alpha value is -4.08. The van der Waals surface area contributed by atoms with Crippen molar-refractivity contribution >= 4 is 35.4 Å². The van der Waals surface area contributed by atoms with Crippen molar-refractivity contribution in [3.63, 3.8) is 0 Å². The predicted molar refractivity (Wildman–Crippen MR) is 143 cm³/mol. The van der Waals surface area contributed by atoms with Crippen LogP contribution in [0.4, 0.5) is 21.0 Å². The van der Waals surface area contributed by atoms with Crippen LogP contribution in [-0.4, -0.2) is 73.8 Å². The van der Waals surface area contributed by atoms with Crippen molar-refractivity contribution in [3.05, 3.63) is 48.0 Å². The van der Waals surface area contributed by atoms with E-state index < -0.39 is 12.2 Å². The molecular formula is C28H34N4O6. The van der Waals surface area contributed by atoms with Crippen LogP contribution in [0.15, 0.2) is 42.5 Å². The molecule has 2 aliphatic heterocycles. The van der Waals surface area contributed by atoms with E-state index in [1.165, 1.54) is 18.9 Å². The summed E-state index contributed by atoms with van der Waals surface area (Å²) < 4.78 is 10.5. The van der Waals surface area contributed by atoms with Gasteiger partial charge in [-0.2, -0.15) is 0 Å². The number of carbonyl (C=O) groups excluding carboxylic acids is 4. The second-order valence-corrected chi connectivity index (χ2v) is 9.95. The molecule has 1 N–H and O–H groups in total. The number of likely N-dealkylation sites (tertiary alicyclic amines) is 1. The maximum atomic E-state index is 13.0. The average Bonchev–Trinajstić information content (AvgIpc) is 3.34. The highest BCUT2D eigenvalue weighted by Gasteiger charge is 2.36. The molecule has 4 amide bonds. The van der Waals surface area contributed by atoms with E-state index in [1.54, 1.807) is 41.8 Å². The van der Waals surface area contributed by atoms with E-state index in [0.717, 1.165) is 17.5 Å². The van der Waals surface area contributed by atoms with Crippen LogP contribution >= 0.6 is 0 Å². The number of hydrogen-bond donors (Lipinski definition) is 1. The van der Waals surface area contributed by atoms with Gasteiger partial charge < -0.3 is 19.7 Å². The highest BCUT2D eigenvalue weighted by Crippen LogP contribution is 2.39. The van der Waals surface area contributed by atoms with Gasteiger partial charge in [0.1, 0.15) is 0 Å². The van der Waals surface area contributed by atoms with Gasteiger partial charge in [0, 0.05) is 31.6 Å². The lowest BCUT2D eigenvalue weighted by Gasteiger charge is -2.40. The lowest BCUT2D eigenvalue weighted by atomic mass is 10.00. The minimum atomic E-state index is -0.506. The number of benzene rings is 2. The molecule has 2 atom stereocenters. The lowest BCUT2D eigenvalue weighted by molar-refractivity contribution is -0.119. The zero-order valence-electron chi connectivity index (χ0n) is 22.4. The Morgan fingerprint density at radius 2 is 1.63 bits per heavy atom. The first kappa shape index (κ1) is 27.0. The van der Waals surface area contributed by atoms with Gasteiger partial charge in [-0.05, 0) is 62.6 Å². The minimum Gasteiger partial charge on any atom is -0.452 e. The first-order chi connectivity index (χ1) is 18.1. The molecule has 1 fully saturated rings. The fraction of sp³-hybridized carbons (Fsp3) is 0.429. The third kappa shape index (κ3) is 5.58. The van der Waals surface area contributed by atoms with Gasteiger partial charge in [0.05, 0.1) is 37.2 Å². The summed E-state index contributed by atoms with van der Waals surface area (Å²) in [7, 11) is 1.33. The van der Waals surface area contributed by atoms with Crippen LogP contribution in [0.1, 0.15) is 44.5 Å². The van der Waals surface area contributed by atoms with Crippen molar-refractivity contribution < 1.29 is 28.7 Å². The molecule has 2 aromatic rings. The predicted octanol–water partition coefficient (Wildman–Crippen LogP) is 4.03. The summed E-state index contributed by atoms with van der Waals surface area (Å²) >= 11 is 0. The number of nitrogens with one attached hydrogen (secondary N) is 1. The van der Waals surface area contributed by atoms with Gasteiger partial charge in [0.25, 0.3) is 5.91 Å². The van der Waals surface area contributed by atoms with Gasteiger partial charge >= 0.3 is 12.2 Å². The summed E-state index contributed by atoms with van der Waals surface area (Å²) in [4.78, 5) is 54.6. The smallest absolute Gasteiger partial charge is 0.414 e. The number of anilines is 2. The van der Waals surface area contributed by atoms with Crippen molar-refractivity contribution in [1.82, 2.24) is 10.2 Å². The van der Waals surface area contributed by atoms with Gasteiger partial charge in [-0.3, -0.25) is 19.4 Å². The number of carbonyl (C=O) groups is 4. The molecule has 38 heavy (non-hydrogen) atoms. The molecule has 2 aromatic carbocycles. The summed E-state index contributed by atoms with van der Waals surface area (Å²) in [5.74, 6) is -0.181. The molecule has 0 bridgehead atoms. The maximum Gasteiger partial charge on any atom is 0.414 e. The molecular weight excluding hydrogens is 488 g/mol. The standard InChI is InChI=1S/C28H34N4O6/c1-17(2)38-27(35)31-15-18(3)32(28(36)37-5)24-11-10-22(14-25(24)31)20-6-8-21(9-7-20)26(34)30-13-12-23(16-30)29-19(4)33/h6-11,14,17-18,23H,12-13,15-16H2,1-5H3,(H,29,33). The molecule has 1 saturated heterocycles. The van der Waals surface area contributed by atoms with Crippen LogP contribution in [0.3, 0.4) is 0 Å². The Morgan fingerprint density at radius 1 is 0.947 bits per heavy atom. The van der Waals surface area contributed by atoms with E-state index in [1.807, 2.05) is 31.2 Å². The monoisotopic (exact) mass is 522 g/mol. The highest BCUT2D eigenvalue weighted by atomic mass is 16.6. The Labute approximate surface area is 222 Å². The second kappa shape index (κ2) is 11.1. The lowest BCUT2D eigenvalue weighted by Crippen LogP contribution is -2.52. The van der Waals surface area contributed by atoms with Crippen LogP contribution in [0, 0.1) is 0 Å². The molecule has 0 spiro atoms. The molecule has 0 aromatic heterocycles. The van der Waals surface area contributed by atoms with Crippen molar-refractivity contribution in [2.24, 2.45) is 0 Å². The molecule has 0 saturated carbocycles. The van der Waals surface area contributed by atoms with Gasteiger partial charge in [0.15, 0.2) is 0 Å². The summed E-state index contributed by atoms with van der Waals surface area (Å²) in [5, 5.41) is 2.87. The van der Waals surface area contributed by atoms with Gasteiger partial charge in [-0.15, -0.1) is 0 Å². The van der Waals surface area contributed by atoms with Crippen LogP contribution in [-0.2, 0) is 14.3 Å². The second-order valence-electron chi connectivity index (χ2n) is 9.95. The topological polar surface area (TPSA) is 108 Å². The van der Waals surface area contributed by atoms with Crippen LogP contribution in [0.25, 0.3) is 11.1 Å². The summed E-state index contributed by atoms with van der Waals surface area (Å²) in [6, 6.07) is 12.4. The molecule has 2 heterocycles. The van der Waals surface area contributed by atoms with Crippen molar-refractivity contribution in [3.8, 4) is 11.1 Å². The largest absolute Gasteiger partial charge is 0.452 e. The Kier molecular flexibility index (Phi) is 7.89. The fourth-order valence-corrected chi connectivity index (χ4v) is 4.96. The normalized spacial score (nSPS) is 18.7. The number of rotatable bonds is 4. The van der Waals surface area contributed by atoms with Crippen LogP contribution in [0.5, 0.6) is 0 Å². The van der Waals surface area contributed by atoms with Gasteiger partial charge in [-0.25, -0.2) is 9.59 Å². The Morgan fingerprint density at radius 3 is 2.26 bits per heavy atom. The van der Waals surface area contributed by atoms with Crippen molar-refractivity contribution in [2.75, 3.05) is 36.5 Å². The zero-order valence-corrected chi connectivity index (χ0v) is 22.4. The fourth-order valence-electron chi connectivity index (χ4n) is 4.96. The minimum absolute atomic E-state index is 0.0242. The average molecular weight is 523 g/mol. The van der Waals surface area contributed by atoms with Crippen molar-refractivity contribution in [2.45, 2.75) is 52.3 Å². The summed E-state index contributed by atoms with van der Waals surface area (Å²) in [6.45, 7) is 8.22. The third-order valence-electron chi connectivity index (χ3n) is 6.69. The first-order valence-corrected chi connectivity index (χ1v) is 12.7. The highest BCUT2D eigenvalue weighted by molar-refractivity contribution is 6.02. The van der Waals surface area contributed by atoms with E-state index in [9.17, 15) is 19.2 Å². The van der Waals surface area contributed by atoms with E-state index >= 15 is 0 Å². The van der Waals surface area contributed by atoms with Crippen molar-refractivity contribution in [1.29, 1.82) is 0 Å². The van der Waals surface area contributed by atoms with Gasteiger partial charge in [0.2, 0.25) is 5.91 Å². The molecule has 10 nitrogen and oxygen atoms in total. The maximum absolute atomic E-state index is 13.0. The number of ether oxygens (including phenoxy) is 2.